The molecule has 0 bridgehead atoms. The Hall–Kier alpha value is -2.21. The molecule has 9 N–H and O–H groups in total. The van der Waals surface area contributed by atoms with Crippen molar-refractivity contribution in [1.29, 1.82) is 0 Å². The maximum Gasteiger partial charge on any atom is 0.280 e. The van der Waals surface area contributed by atoms with Crippen molar-refractivity contribution < 1.29 is 45.2 Å². The summed E-state index contributed by atoms with van der Waals surface area (Å²) in [6, 6.07) is 0. The third kappa shape index (κ3) is 3.69. The minimum Gasteiger partial charge on any atom is -0.394 e. The number of nitrogens with zero attached hydrogens (tertiary/aromatic N) is 3. The third-order valence-electron chi connectivity index (χ3n) is 5.39. The maximum atomic E-state index is 12.4. The fraction of sp³-hybridized carbons (Fsp3) is 0.688. The van der Waals surface area contributed by atoms with Crippen LogP contribution in [0.3, 0.4) is 0 Å². The second-order valence-electron chi connectivity index (χ2n) is 7.36. The lowest BCUT2D eigenvalue weighted by atomic mass is 9.98. The number of anilines is 1. The summed E-state index contributed by atoms with van der Waals surface area (Å²) in [5.41, 5.74) is -0.856. The average molecular weight is 445 g/mol. The Morgan fingerprint density at radius 1 is 0.968 bits per heavy atom. The van der Waals surface area contributed by atoms with Crippen LogP contribution in [-0.4, -0.2) is 117 Å². The normalized spacial score (nSPS) is 38.6. The summed E-state index contributed by atoms with van der Waals surface area (Å²) in [6.45, 7) is -1.18. The molecule has 4 heterocycles. The van der Waals surface area contributed by atoms with Crippen molar-refractivity contribution in [3.8, 4) is 0 Å². The van der Waals surface area contributed by atoms with Gasteiger partial charge in [-0.25, -0.2) is 4.98 Å². The number of aliphatic hydroxyl groups is 7. The fourth-order valence-corrected chi connectivity index (χ4v) is 3.65. The minimum absolute atomic E-state index is 0.0503. The molecule has 1 unspecified atom stereocenters. The van der Waals surface area contributed by atoms with Crippen molar-refractivity contribution in [2.45, 2.75) is 55.2 Å². The van der Waals surface area contributed by atoms with Gasteiger partial charge in [0.1, 0.15) is 42.7 Å². The molecule has 0 amide bonds. The highest BCUT2D eigenvalue weighted by molar-refractivity contribution is 5.71. The number of hydrogen-bond acceptors (Lipinski definition) is 13. The van der Waals surface area contributed by atoms with Crippen LogP contribution < -0.4 is 10.9 Å². The first-order chi connectivity index (χ1) is 14.8. The van der Waals surface area contributed by atoms with Crippen molar-refractivity contribution in [3.63, 3.8) is 0 Å². The van der Waals surface area contributed by atoms with Crippen LogP contribution in [0.5, 0.6) is 0 Å². The van der Waals surface area contributed by atoms with Crippen molar-refractivity contribution >= 4 is 17.1 Å². The molecule has 2 fully saturated rings. The molecule has 0 aliphatic carbocycles. The molecule has 2 aromatic heterocycles. The van der Waals surface area contributed by atoms with Crippen molar-refractivity contribution in [1.82, 2.24) is 19.5 Å². The number of aromatic nitrogens is 4. The third-order valence-corrected chi connectivity index (χ3v) is 5.39. The number of aromatic amines is 1. The van der Waals surface area contributed by atoms with Gasteiger partial charge in [-0.2, -0.15) is 4.98 Å². The molecule has 9 atom stereocenters. The minimum atomic E-state index is -1.64. The molecule has 15 heteroatoms. The zero-order chi connectivity index (χ0) is 22.4. The highest BCUT2D eigenvalue weighted by Gasteiger charge is 2.45. The van der Waals surface area contributed by atoms with Crippen LogP contribution in [0.15, 0.2) is 11.1 Å². The molecule has 0 radical (unpaired) electrons. The number of aliphatic hydroxyl groups excluding tert-OH is 7. The van der Waals surface area contributed by atoms with Crippen LogP contribution in [0.2, 0.25) is 0 Å². The van der Waals surface area contributed by atoms with Gasteiger partial charge >= 0.3 is 0 Å². The summed E-state index contributed by atoms with van der Waals surface area (Å²) < 4.78 is 12.0. The molecule has 172 valence electrons. The Kier molecular flexibility index (Phi) is 5.95. The Labute approximate surface area is 173 Å². The van der Waals surface area contributed by atoms with Gasteiger partial charge in [0.2, 0.25) is 5.95 Å². The molecular weight excluding hydrogens is 422 g/mol. The molecular formula is C16H23N5O10. The predicted octanol–water partition coefficient (Wildman–Crippen LogP) is -5.06. The molecule has 2 aromatic rings. The first kappa shape index (κ1) is 22.0. The van der Waals surface area contributed by atoms with Gasteiger partial charge in [-0.05, 0) is 0 Å². The zero-order valence-electron chi connectivity index (χ0n) is 15.9. The molecule has 31 heavy (non-hydrogen) atoms. The number of rotatable bonds is 5. The van der Waals surface area contributed by atoms with E-state index >= 15 is 0 Å². The van der Waals surface area contributed by atoms with Crippen molar-refractivity contribution in [2.75, 3.05) is 18.5 Å². The van der Waals surface area contributed by atoms with Crippen LogP contribution in [0.4, 0.5) is 5.95 Å². The van der Waals surface area contributed by atoms with E-state index < -0.39 is 74.0 Å². The van der Waals surface area contributed by atoms with Gasteiger partial charge in [-0.3, -0.25) is 14.3 Å². The van der Waals surface area contributed by atoms with E-state index in [0.29, 0.717) is 0 Å². The van der Waals surface area contributed by atoms with E-state index in [-0.39, 0.29) is 17.1 Å². The Morgan fingerprint density at radius 2 is 1.61 bits per heavy atom. The highest BCUT2D eigenvalue weighted by atomic mass is 16.6. The van der Waals surface area contributed by atoms with E-state index in [1.807, 2.05) is 0 Å². The maximum absolute atomic E-state index is 12.4. The second kappa shape index (κ2) is 8.38. The van der Waals surface area contributed by atoms with E-state index in [1.165, 1.54) is 10.9 Å². The summed E-state index contributed by atoms with van der Waals surface area (Å²) in [7, 11) is 0. The molecule has 0 saturated carbocycles. The van der Waals surface area contributed by atoms with E-state index in [9.17, 15) is 40.5 Å². The quantitative estimate of drug-likeness (QED) is 0.210. The lowest BCUT2D eigenvalue weighted by molar-refractivity contribution is -0.221. The summed E-state index contributed by atoms with van der Waals surface area (Å²) in [6.07, 6.45) is -11.2. The van der Waals surface area contributed by atoms with Crippen LogP contribution in [0, 0.1) is 0 Å². The summed E-state index contributed by atoms with van der Waals surface area (Å²) >= 11 is 0. The fourth-order valence-electron chi connectivity index (χ4n) is 3.65. The van der Waals surface area contributed by atoms with Crippen LogP contribution in [-0.2, 0) is 9.47 Å². The molecule has 15 nitrogen and oxygen atoms in total. The topological polar surface area (TPSA) is 236 Å². The van der Waals surface area contributed by atoms with Gasteiger partial charge in [0, 0.05) is 0 Å². The molecule has 2 aliphatic rings. The molecule has 2 aliphatic heterocycles. The van der Waals surface area contributed by atoms with Crippen LogP contribution in [0.1, 0.15) is 6.23 Å². The van der Waals surface area contributed by atoms with Gasteiger partial charge in [0.05, 0.1) is 19.5 Å². The number of H-pyrrole nitrogens is 1. The average Bonchev–Trinajstić information content (AvgIpc) is 3.30. The number of hydrogen-bond donors (Lipinski definition) is 9. The smallest absolute Gasteiger partial charge is 0.280 e. The first-order valence-corrected chi connectivity index (χ1v) is 9.43. The summed E-state index contributed by atoms with van der Waals surface area (Å²) in [5, 5.41) is 71.3. The Bertz CT molecular complexity index is 981. The molecule has 4 rings (SSSR count). The van der Waals surface area contributed by atoms with Gasteiger partial charge in [0.15, 0.2) is 23.6 Å². The highest BCUT2D eigenvalue weighted by Crippen LogP contribution is 2.31. The lowest BCUT2D eigenvalue weighted by Crippen LogP contribution is -2.60. The molecule has 0 spiro atoms. The van der Waals surface area contributed by atoms with Crippen molar-refractivity contribution in [3.05, 3.63) is 16.7 Å². The molecule has 0 aromatic carbocycles. The van der Waals surface area contributed by atoms with Gasteiger partial charge in [-0.15, -0.1) is 0 Å². The first-order valence-electron chi connectivity index (χ1n) is 9.43. The van der Waals surface area contributed by atoms with Crippen LogP contribution in [0.25, 0.3) is 11.2 Å². The van der Waals surface area contributed by atoms with Crippen molar-refractivity contribution in [2.24, 2.45) is 0 Å². The summed E-state index contributed by atoms with van der Waals surface area (Å²) in [5.74, 6) is -0.213. The van der Waals surface area contributed by atoms with Gasteiger partial charge in [-0.1, -0.05) is 0 Å². The SMILES string of the molecule is O=c1[nH]c(NC2O[C@H](CO)[C@H](O)[C@H](O)[C@H]2O)nc2c1ncn2[C@@H]1O[C@H](CO)[C@@H](O)[C@H]1O. The van der Waals surface area contributed by atoms with Crippen LogP contribution >= 0.6 is 0 Å². The number of imidazole rings is 1. The Balaban J connectivity index is 1.65. The number of ether oxygens (including phenoxy) is 2. The molecule has 2 saturated heterocycles. The Morgan fingerprint density at radius 3 is 2.26 bits per heavy atom. The number of nitrogens with one attached hydrogen (secondary N) is 2. The van der Waals surface area contributed by atoms with Gasteiger partial charge in [0.25, 0.3) is 5.56 Å². The van der Waals surface area contributed by atoms with E-state index in [1.54, 1.807) is 0 Å². The second-order valence-corrected chi connectivity index (χ2v) is 7.36. The van der Waals surface area contributed by atoms with E-state index in [2.05, 4.69) is 20.3 Å². The monoisotopic (exact) mass is 445 g/mol. The predicted molar refractivity (Wildman–Crippen MR) is 98.5 cm³/mol. The van der Waals surface area contributed by atoms with E-state index in [0.717, 1.165) is 0 Å². The lowest BCUT2D eigenvalue weighted by Gasteiger charge is -2.40. The van der Waals surface area contributed by atoms with E-state index in [4.69, 9.17) is 9.47 Å². The summed E-state index contributed by atoms with van der Waals surface area (Å²) in [4.78, 5) is 22.9. The standard InChI is InChI=1S/C16H23N5O10/c22-1-4-7(24)9(26)10(27)14(30-4)20-16-18-12-6(13(29)19-16)17-3-21(12)15-11(28)8(25)5(2-23)31-15/h3-5,7-11,14-15,22-28H,1-2H2,(H2,18,19,20,29)/t4-,5-,7+,8-,9+,10-,11-,14?,15-/m1/s1. The zero-order valence-corrected chi connectivity index (χ0v) is 15.9. The number of fused-ring (bicyclic) bond motifs is 1. The van der Waals surface area contributed by atoms with Gasteiger partial charge < -0.3 is 50.5 Å². The largest absolute Gasteiger partial charge is 0.394 e.